The maximum Gasteiger partial charge on any atom is 0.224 e. The third kappa shape index (κ3) is 3.11. The molecule has 108 valence electrons. The van der Waals surface area contributed by atoms with E-state index < -0.39 is 0 Å². The number of rotatable bonds is 5. The number of hydrogen-bond donors (Lipinski definition) is 4. The van der Waals surface area contributed by atoms with Crippen molar-refractivity contribution in [1.29, 1.82) is 0 Å². The molecule has 0 radical (unpaired) electrons. The van der Waals surface area contributed by atoms with Gasteiger partial charge >= 0.3 is 0 Å². The van der Waals surface area contributed by atoms with Crippen molar-refractivity contribution >= 4 is 28.4 Å². The van der Waals surface area contributed by atoms with Crippen molar-refractivity contribution in [2.45, 2.75) is 6.92 Å². The Balaban J connectivity index is 1.80. The molecule has 0 unspecified atom stereocenters. The van der Waals surface area contributed by atoms with Gasteiger partial charge < -0.3 is 20.7 Å². The summed E-state index contributed by atoms with van der Waals surface area (Å²) in [5.41, 5.74) is 3.22. The van der Waals surface area contributed by atoms with E-state index in [1.165, 1.54) is 0 Å². The summed E-state index contributed by atoms with van der Waals surface area (Å²) < 4.78 is 0. The summed E-state index contributed by atoms with van der Waals surface area (Å²) in [7, 11) is 0. The summed E-state index contributed by atoms with van der Waals surface area (Å²) in [4.78, 5) is 11.7. The Kier molecular flexibility index (Phi) is 3.70. The molecule has 21 heavy (non-hydrogen) atoms. The number of nitrogens with zero attached hydrogens (tertiary/aromatic N) is 2. The molecule has 0 saturated heterocycles. The van der Waals surface area contributed by atoms with Gasteiger partial charge in [0.15, 0.2) is 0 Å². The van der Waals surface area contributed by atoms with E-state index in [1.54, 1.807) is 12.3 Å². The number of aryl methyl sites for hydroxylation is 1. The average molecular weight is 283 g/mol. The lowest BCUT2D eigenvalue weighted by atomic mass is 10.2. The quantitative estimate of drug-likeness (QED) is 0.578. The van der Waals surface area contributed by atoms with E-state index in [4.69, 9.17) is 5.11 Å². The molecule has 3 aromatic rings. The number of hydrogen-bond acceptors (Lipinski definition) is 5. The fourth-order valence-corrected chi connectivity index (χ4v) is 2.18. The van der Waals surface area contributed by atoms with Crippen LogP contribution in [-0.2, 0) is 0 Å². The van der Waals surface area contributed by atoms with Crippen molar-refractivity contribution in [2.75, 3.05) is 23.8 Å². The first-order valence-corrected chi connectivity index (χ1v) is 6.79. The van der Waals surface area contributed by atoms with E-state index in [0.29, 0.717) is 18.3 Å². The van der Waals surface area contributed by atoms with Crippen LogP contribution in [0.25, 0.3) is 10.9 Å². The molecule has 3 rings (SSSR count). The van der Waals surface area contributed by atoms with Gasteiger partial charge in [0.25, 0.3) is 0 Å². The standard InChI is InChI=1S/C15H17N5O/c1-10-8-11-9-12(2-3-13(11)18-10)19-14-4-5-16-15(20-14)17-6-7-21/h2-5,8-9,18,21H,6-7H2,1H3,(H2,16,17,19,20). The molecule has 0 atom stereocenters. The van der Waals surface area contributed by atoms with Crippen molar-refractivity contribution in [2.24, 2.45) is 0 Å². The SMILES string of the molecule is Cc1cc2cc(Nc3ccnc(NCCO)n3)ccc2[nH]1. The van der Waals surface area contributed by atoms with Crippen molar-refractivity contribution in [1.82, 2.24) is 15.0 Å². The van der Waals surface area contributed by atoms with Crippen LogP contribution in [0.2, 0.25) is 0 Å². The highest BCUT2D eigenvalue weighted by Gasteiger charge is 2.02. The topological polar surface area (TPSA) is 85.9 Å². The predicted octanol–water partition coefficient (Wildman–Crippen LogP) is 2.41. The minimum absolute atomic E-state index is 0.0462. The van der Waals surface area contributed by atoms with Gasteiger partial charge in [-0.25, -0.2) is 4.98 Å². The molecule has 6 nitrogen and oxygen atoms in total. The van der Waals surface area contributed by atoms with Crippen LogP contribution in [0.3, 0.4) is 0 Å². The van der Waals surface area contributed by atoms with Crippen LogP contribution in [0, 0.1) is 6.92 Å². The number of anilines is 3. The first-order chi connectivity index (χ1) is 10.2. The zero-order valence-corrected chi connectivity index (χ0v) is 11.7. The third-order valence-corrected chi connectivity index (χ3v) is 3.08. The summed E-state index contributed by atoms with van der Waals surface area (Å²) in [5, 5.41) is 16.1. The lowest BCUT2D eigenvalue weighted by Gasteiger charge is -2.08. The number of aliphatic hydroxyl groups is 1. The number of nitrogens with one attached hydrogen (secondary N) is 3. The molecule has 2 heterocycles. The molecular weight excluding hydrogens is 266 g/mol. The van der Waals surface area contributed by atoms with Crippen LogP contribution in [-0.4, -0.2) is 33.2 Å². The Morgan fingerprint density at radius 2 is 2.14 bits per heavy atom. The van der Waals surface area contributed by atoms with Gasteiger partial charge in [0.05, 0.1) is 6.61 Å². The summed E-state index contributed by atoms with van der Waals surface area (Å²) in [6.45, 7) is 2.51. The fourth-order valence-electron chi connectivity index (χ4n) is 2.18. The molecular formula is C15H17N5O. The van der Waals surface area contributed by atoms with E-state index in [1.807, 2.05) is 19.1 Å². The lowest BCUT2D eigenvalue weighted by molar-refractivity contribution is 0.311. The molecule has 0 aliphatic carbocycles. The monoisotopic (exact) mass is 283 g/mol. The largest absolute Gasteiger partial charge is 0.395 e. The highest BCUT2D eigenvalue weighted by atomic mass is 16.3. The van der Waals surface area contributed by atoms with Crippen LogP contribution < -0.4 is 10.6 Å². The minimum atomic E-state index is 0.0462. The Morgan fingerprint density at radius 1 is 1.24 bits per heavy atom. The maximum absolute atomic E-state index is 8.80. The molecule has 0 spiro atoms. The van der Waals surface area contributed by atoms with Gasteiger partial charge in [-0.3, -0.25) is 0 Å². The van der Waals surface area contributed by atoms with Crippen molar-refractivity contribution in [3.8, 4) is 0 Å². The predicted molar refractivity (Wildman–Crippen MR) is 83.9 cm³/mol. The second-order valence-corrected chi connectivity index (χ2v) is 4.80. The summed E-state index contributed by atoms with van der Waals surface area (Å²) >= 11 is 0. The van der Waals surface area contributed by atoms with Crippen molar-refractivity contribution < 1.29 is 5.11 Å². The van der Waals surface area contributed by atoms with Crippen LogP contribution >= 0.6 is 0 Å². The molecule has 0 bridgehead atoms. The summed E-state index contributed by atoms with van der Waals surface area (Å²) in [6, 6.07) is 10.0. The van der Waals surface area contributed by atoms with Gasteiger partial charge in [-0.05, 0) is 37.3 Å². The highest BCUT2D eigenvalue weighted by molar-refractivity contribution is 5.84. The van der Waals surface area contributed by atoms with Crippen LogP contribution in [0.15, 0.2) is 36.5 Å². The second kappa shape index (κ2) is 5.80. The fraction of sp³-hybridized carbons (Fsp3) is 0.200. The van der Waals surface area contributed by atoms with Gasteiger partial charge in [0, 0.05) is 35.0 Å². The zero-order chi connectivity index (χ0) is 14.7. The lowest BCUT2D eigenvalue weighted by Crippen LogP contribution is -2.09. The normalized spacial score (nSPS) is 10.8. The molecule has 4 N–H and O–H groups in total. The Morgan fingerprint density at radius 3 is 3.00 bits per heavy atom. The number of H-pyrrole nitrogens is 1. The minimum Gasteiger partial charge on any atom is -0.395 e. The first kappa shape index (κ1) is 13.4. The molecule has 2 aromatic heterocycles. The van der Waals surface area contributed by atoms with E-state index in [9.17, 15) is 0 Å². The highest BCUT2D eigenvalue weighted by Crippen LogP contribution is 2.22. The Bertz CT molecular complexity index is 753. The number of fused-ring (bicyclic) bond motifs is 1. The van der Waals surface area contributed by atoms with Crippen LogP contribution in [0.5, 0.6) is 0 Å². The van der Waals surface area contributed by atoms with Crippen LogP contribution in [0.4, 0.5) is 17.5 Å². The first-order valence-electron chi connectivity index (χ1n) is 6.79. The second-order valence-electron chi connectivity index (χ2n) is 4.80. The van der Waals surface area contributed by atoms with Gasteiger partial charge in [-0.1, -0.05) is 0 Å². The molecule has 0 fully saturated rings. The molecule has 0 amide bonds. The van der Waals surface area contributed by atoms with Crippen LogP contribution in [0.1, 0.15) is 5.69 Å². The molecule has 0 aliphatic heterocycles. The van der Waals surface area contributed by atoms with Gasteiger partial charge in [-0.2, -0.15) is 4.98 Å². The molecule has 1 aromatic carbocycles. The summed E-state index contributed by atoms with van der Waals surface area (Å²) in [5.74, 6) is 1.20. The van der Waals surface area contributed by atoms with E-state index in [0.717, 1.165) is 22.3 Å². The van der Waals surface area contributed by atoms with Crippen molar-refractivity contribution in [3.05, 3.63) is 42.2 Å². The Hall–Kier alpha value is -2.60. The van der Waals surface area contributed by atoms with Gasteiger partial charge in [0.2, 0.25) is 5.95 Å². The van der Waals surface area contributed by atoms with E-state index >= 15 is 0 Å². The van der Waals surface area contributed by atoms with E-state index in [2.05, 4.69) is 37.7 Å². The number of aliphatic hydroxyl groups excluding tert-OH is 1. The van der Waals surface area contributed by atoms with Gasteiger partial charge in [-0.15, -0.1) is 0 Å². The number of aromatic nitrogens is 3. The third-order valence-electron chi connectivity index (χ3n) is 3.08. The number of aromatic amines is 1. The summed E-state index contributed by atoms with van der Waals surface area (Å²) in [6.07, 6.45) is 1.67. The van der Waals surface area contributed by atoms with Gasteiger partial charge in [0.1, 0.15) is 5.82 Å². The molecule has 6 heteroatoms. The van der Waals surface area contributed by atoms with E-state index in [-0.39, 0.29) is 6.61 Å². The zero-order valence-electron chi connectivity index (χ0n) is 11.7. The number of benzene rings is 1. The molecule has 0 aliphatic rings. The maximum atomic E-state index is 8.80. The van der Waals surface area contributed by atoms with Crippen molar-refractivity contribution in [3.63, 3.8) is 0 Å². The smallest absolute Gasteiger partial charge is 0.224 e. The molecule has 0 saturated carbocycles. The average Bonchev–Trinajstić information content (AvgIpc) is 2.85. The Labute approximate surface area is 122 Å².